The molecule has 0 atom stereocenters. The molecule has 5 aromatic carbocycles. The fourth-order valence-corrected chi connectivity index (χ4v) is 6.48. The minimum atomic E-state index is 0.633. The van der Waals surface area contributed by atoms with Crippen molar-refractivity contribution < 1.29 is 0 Å². The minimum absolute atomic E-state index is 0.633. The highest BCUT2D eigenvalue weighted by atomic mass is 35.5. The Morgan fingerprint density at radius 3 is 1.70 bits per heavy atom. The van der Waals surface area contributed by atoms with Crippen LogP contribution in [0.5, 0.6) is 0 Å². The van der Waals surface area contributed by atoms with Crippen molar-refractivity contribution in [3.8, 4) is 44.5 Å². The molecule has 0 saturated heterocycles. The third kappa shape index (κ3) is 5.29. The average Bonchev–Trinajstić information content (AvgIpc) is 2.90. The molecule has 5 aromatic rings. The van der Waals surface area contributed by atoms with Gasteiger partial charge in [0.2, 0.25) is 0 Å². The largest absolute Gasteiger partial charge is 0.0843 e. The van der Waals surface area contributed by atoms with E-state index in [0.717, 1.165) is 72.3 Å². The maximum Gasteiger partial charge on any atom is 0.0575 e. The van der Waals surface area contributed by atoms with Gasteiger partial charge in [-0.3, -0.25) is 0 Å². The molecule has 0 nitrogen and oxygen atoms in total. The molecular weight excluding hydrogens is 598 g/mol. The second-order valence-electron chi connectivity index (χ2n) is 10.3. The number of benzene rings is 5. The lowest BCUT2D eigenvalue weighted by atomic mass is 9.80. The normalized spacial score (nSPS) is 11.2. The standard InChI is InChI=1S/C35H27Cl5/c1-18-7-10-26(37)17-28(18)34-32(27-12-11-25(36)15-20(27)3)22(5)31(24-8-6-19(2)30(39)16-24)33(35(34)40)23-9-13-29(38)21(4)14-23/h6-17H,1-5H3. The number of halogens is 5. The van der Waals surface area contributed by atoms with E-state index in [1.165, 1.54) is 0 Å². The Labute approximate surface area is 261 Å². The molecule has 0 aliphatic heterocycles. The van der Waals surface area contributed by atoms with Crippen LogP contribution in [0.15, 0.2) is 72.8 Å². The molecule has 0 radical (unpaired) electrons. The summed E-state index contributed by atoms with van der Waals surface area (Å²) < 4.78 is 0. The first-order chi connectivity index (χ1) is 19.0. The second-order valence-corrected chi connectivity index (χ2v) is 12.4. The van der Waals surface area contributed by atoms with Crippen LogP contribution in [0.3, 0.4) is 0 Å². The van der Waals surface area contributed by atoms with E-state index in [9.17, 15) is 0 Å². The van der Waals surface area contributed by atoms with E-state index in [2.05, 4.69) is 39.0 Å². The molecule has 0 amide bonds. The summed E-state index contributed by atoms with van der Waals surface area (Å²) in [6.45, 7) is 10.3. The molecule has 0 spiro atoms. The summed E-state index contributed by atoms with van der Waals surface area (Å²) in [6, 6.07) is 24.1. The Morgan fingerprint density at radius 2 is 1.02 bits per heavy atom. The van der Waals surface area contributed by atoms with Crippen LogP contribution in [0.1, 0.15) is 27.8 Å². The van der Waals surface area contributed by atoms with Crippen molar-refractivity contribution >= 4 is 58.0 Å². The van der Waals surface area contributed by atoms with Crippen LogP contribution in [-0.4, -0.2) is 0 Å². The molecule has 202 valence electrons. The molecule has 0 fully saturated rings. The Bertz CT molecular complexity index is 1800. The van der Waals surface area contributed by atoms with Gasteiger partial charge in [-0.05, 0) is 138 Å². The number of hydrogen-bond acceptors (Lipinski definition) is 0. The summed E-state index contributed by atoms with van der Waals surface area (Å²) in [5.74, 6) is 0. The van der Waals surface area contributed by atoms with Gasteiger partial charge in [-0.1, -0.05) is 88.3 Å². The van der Waals surface area contributed by atoms with Crippen molar-refractivity contribution in [3.63, 3.8) is 0 Å². The van der Waals surface area contributed by atoms with E-state index in [1.807, 2.05) is 68.4 Å². The molecule has 0 bridgehead atoms. The van der Waals surface area contributed by atoms with Crippen molar-refractivity contribution in [2.45, 2.75) is 34.6 Å². The van der Waals surface area contributed by atoms with Crippen molar-refractivity contribution in [3.05, 3.63) is 126 Å². The van der Waals surface area contributed by atoms with Gasteiger partial charge >= 0.3 is 0 Å². The van der Waals surface area contributed by atoms with E-state index < -0.39 is 0 Å². The topological polar surface area (TPSA) is 0 Å². The molecule has 0 unspecified atom stereocenters. The van der Waals surface area contributed by atoms with Crippen LogP contribution < -0.4 is 0 Å². The van der Waals surface area contributed by atoms with E-state index in [4.69, 9.17) is 58.0 Å². The zero-order chi connectivity index (χ0) is 28.9. The highest BCUT2D eigenvalue weighted by molar-refractivity contribution is 6.39. The summed E-state index contributed by atoms with van der Waals surface area (Å²) >= 11 is 33.7. The Balaban J connectivity index is 2.03. The number of hydrogen-bond donors (Lipinski definition) is 0. The fourth-order valence-electron chi connectivity index (χ4n) is 5.39. The van der Waals surface area contributed by atoms with Gasteiger partial charge in [0.1, 0.15) is 0 Å². The molecule has 0 aliphatic carbocycles. The first kappa shape index (κ1) is 29.1. The highest BCUT2D eigenvalue weighted by Gasteiger charge is 2.27. The third-order valence-corrected chi connectivity index (χ3v) is 9.20. The van der Waals surface area contributed by atoms with Gasteiger partial charge in [0.05, 0.1) is 5.02 Å². The molecule has 5 rings (SSSR count). The lowest BCUT2D eigenvalue weighted by Crippen LogP contribution is -2.01. The van der Waals surface area contributed by atoms with Gasteiger partial charge in [-0.25, -0.2) is 0 Å². The van der Waals surface area contributed by atoms with E-state index in [0.29, 0.717) is 25.1 Å². The minimum Gasteiger partial charge on any atom is -0.0843 e. The summed E-state index contributed by atoms with van der Waals surface area (Å²) in [5.41, 5.74) is 13.1. The molecule has 0 heterocycles. The van der Waals surface area contributed by atoms with Crippen LogP contribution in [-0.2, 0) is 0 Å². The first-order valence-corrected chi connectivity index (χ1v) is 14.8. The summed E-state index contributed by atoms with van der Waals surface area (Å²) in [6.07, 6.45) is 0. The highest BCUT2D eigenvalue weighted by Crippen LogP contribution is 2.52. The van der Waals surface area contributed by atoms with Crippen molar-refractivity contribution in [1.29, 1.82) is 0 Å². The maximum atomic E-state index is 7.60. The molecule has 0 aliphatic rings. The summed E-state index contributed by atoms with van der Waals surface area (Å²) in [7, 11) is 0. The molecule has 0 N–H and O–H groups in total. The zero-order valence-corrected chi connectivity index (χ0v) is 26.6. The monoisotopic (exact) mass is 622 g/mol. The van der Waals surface area contributed by atoms with Gasteiger partial charge in [-0.15, -0.1) is 0 Å². The lowest BCUT2D eigenvalue weighted by Gasteiger charge is -2.26. The zero-order valence-electron chi connectivity index (χ0n) is 22.8. The predicted octanol–water partition coefficient (Wildman–Crippen LogP) is 13.2. The molecule has 40 heavy (non-hydrogen) atoms. The van der Waals surface area contributed by atoms with Crippen LogP contribution in [0.25, 0.3) is 44.5 Å². The second kappa shape index (κ2) is 11.4. The smallest absolute Gasteiger partial charge is 0.0575 e. The van der Waals surface area contributed by atoms with E-state index in [-0.39, 0.29) is 0 Å². The van der Waals surface area contributed by atoms with Crippen molar-refractivity contribution in [2.24, 2.45) is 0 Å². The number of rotatable bonds is 4. The van der Waals surface area contributed by atoms with Crippen LogP contribution >= 0.6 is 58.0 Å². The van der Waals surface area contributed by atoms with Crippen molar-refractivity contribution in [1.82, 2.24) is 0 Å². The Hall–Kier alpha value is -2.45. The van der Waals surface area contributed by atoms with Gasteiger partial charge < -0.3 is 0 Å². The van der Waals surface area contributed by atoms with E-state index in [1.54, 1.807) is 0 Å². The molecule has 0 aromatic heterocycles. The van der Waals surface area contributed by atoms with Gasteiger partial charge in [0.15, 0.2) is 0 Å². The molecule has 0 saturated carbocycles. The Morgan fingerprint density at radius 1 is 0.400 bits per heavy atom. The molecular formula is C35H27Cl5. The van der Waals surface area contributed by atoms with E-state index >= 15 is 0 Å². The Kier molecular flexibility index (Phi) is 8.31. The predicted molar refractivity (Wildman–Crippen MR) is 177 cm³/mol. The average molecular weight is 625 g/mol. The number of aryl methyl sites for hydroxylation is 4. The third-order valence-electron chi connectivity index (χ3n) is 7.52. The van der Waals surface area contributed by atoms with Gasteiger partial charge in [0.25, 0.3) is 0 Å². The quantitative estimate of drug-likeness (QED) is 0.187. The van der Waals surface area contributed by atoms with Crippen LogP contribution in [0.2, 0.25) is 25.1 Å². The summed E-state index contributed by atoms with van der Waals surface area (Å²) in [4.78, 5) is 0. The van der Waals surface area contributed by atoms with Crippen LogP contribution in [0, 0.1) is 34.6 Å². The van der Waals surface area contributed by atoms with Gasteiger partial charge in [0, 0.05) is 31.2 Å². The lowest BCUT2D eigenvalue weighted by molar-refractivity contribution is 1.38. The maximum absolute atomic E-state index is 7.60. The van der Waals surface area contributed by atoms with Gasteiger partial charge in [-0.2, -0.15) is 0 Å². The fraction of sp³-hybridized carbons (Fsp3) is 0.143. The first-order valence-electron chi connectivity index (χ1n) is 12.9. The summed E-state index contributed by atoms with van der Waals surface area (Å²) in [5, 5.41) is 3.37. The van der Waals surface area contributed by atoms with Crippen molar-refractivity contribution in [2.75, 3.05) is 0 Å². The van der Waals surface area contributed by atoms with Crippen LogP contribution in [0.4, 0.5) is 0 Å². The molecule has 5 heteroatoms. The SMILES string of the molecule is Cc1cc(-c2c(Cl)c(-c3cc(Cl)ccc3C)c(-c3ccc(Cl)cc3C)c(C)c2-c2ccc(C)c(Cl)c2)ccc1Cl.